The third-order valence-electron chi connectivity index (χ3n) is 4.88. The van der Waals surface area contributed by atoms with Crippen LogP contribution in [-0.4, -0.2) is 34.5 Å². The summed E-state index contributed by atoms with van der Waals surface area (Å²) in [6.45, 7) is 0.145. The maximum Gasteiger partial charge on any atom is 0.265 e. The molecule has 3 aromatic carbocycles. The molecule has 1 heterocycles. The number of hydrogen-bond acceptors (Lipinski definition) is 4. The Morgan fingerprint density at radius 2 is 1.79 bits per heavy atom. The van der Waals surface area contributed by atoms with E-state index < -0.39 is 10.0 Å². The zero-order valence-corrected chi connectivity index (χ0v) is 16.2. The van der Waals surface area contributed by atoms with Gasteiger partial charge in [-0.15, -0.1) is 0 Å². The average molecular weight is 396 g/mol. The summed E-state index contributed by atoms with van der Waals surface area (Å²) >= 11 is 0. The highest BCUT2D eigenvalue weighted by Crippen LogP contribution is 2.41. The lowest BCUT2D eigenvalue weighted by molar-refractivity contribution is -0.119. The van der Waals surface area contributed by atoms with Gasteiger partial charge in [-0.3, -0.25) is 9.10 Å². The molecule has 0 spiro atoms. The number of anilines is 1. The van der Waals surface area contributed by atoms with Gasteiger partial charge in [-0.1, -0.05) is 42.5 Å². The fraction of sp³-hybridized carbons (Fsp3) is 0.190. The fourth-order valence-corrected chi connectivity index (χ4v) is 5.23. The highest BCUT2D eigenvalue weighted by atomic mass is 32.2. The third-order valence-corrected chi connectivity index (χ3v) is 6.68. The van der Waals surface area contributed by atoms with Crippen molar-refractivity contribution >= 4 is 32.4 Å². The largest absolute Gasteiger partial charge is 0.496 e. The lowest BCUT2D eigenvalue weighted by Crippen LogP contribution is -2.39. The van der Waals surface area contributed by atoms with E-state index in [9.17, 15) is 13.2 Å². The van der Waals surface area contributed by atoms with Gasteiger partial charge in [-0.05, 0) is 35.6 Å². The van der Waals surface area contributed by atoms with Gasteiger partial charge in [0, 0.05) is 11.9 Å². The molecular weight excluding hydrogens is 376 g/mol. The molecule has 7 heteroatoms. The summed E-state index contributed by atoms with van der Waals surface area (Å²) in [5.74, 6) is 0.421. The highest BCUT2D eigenvalue weighted by Gasteiger charge is 2.36. The molecule has 3 aromatic rings. The number of carbonyl (C=O) groups excluding carboxylic acids is 1. The van der Waals surface area contributed by atoms with Gasteiger partial charge in [-0.2, -0.15) is 0 Å². The summed E-state index contributed by atoms with van der Waals surface area (Å²) in [6, 6.07) is 18.2. The first-order valence-electron chi connectivity index (χ1n) is 8.95. The molecule has 0 fully saturated rings. The molecule has 0 bridgehead atoms. The van der Waals surface area contributed by atoms with E-state index in [0.29, 0.717) is 24.0 Å². The minimum absolute atomic E-state index is 0.248. The Bertz CT molecular complexity index is 1150. The van der Waals surface area contributed by atoms with Crippen molar-refractivity contribution in [3.05, 3.63) is 66.2 Å². The Kier molecular flexibility index (Phi) is 4.68. The topological polar surface area (TPSA) is 75.7 Å². The van der Waals surface area contributed by atoms with Gasteiger partial charge in [0.1, 0.15) is 12.3 Å². The number of methoxy groups -OCH3 is 1. The number of sulfonamides is 1. The monoisotopic (exact) mass is 396 g/mol. The van der Waals surface area contributed by atoms with Crippen LogP contribution in [-0.2, 0) is 21.2 Å². The second-order valence-corrected chi connectivity index (χ2v) is 8.39. The van der Waals surface area contributed by atoms with Crippen LogP contribution in [0.25, 0.3) is 10.8 Å². The lowest BCUT2D eigenvalue weighted by Gasteiger charge is -2.18. The number of ether oxygens (including phenoxy) is 1. The van der Waals surface area contributed by atoms with Crippen molar-refractivity contribution in [2.45, 2.75) is 11.3 Å². The molecule has 0 saturated heterocycles. The van der Waals surface area contributed by atoms with Gasteiger partial charge in [0.25, 0.3) is 10.0 Å². The zero-order chi connectivity index (χ0) is 19.7. The Balaban J connectivity index is 1.48. The minimum Gasteiger partial charge on any atom is -0.496 e. The molecule has 0 aliphatic carbocycles. The number of nitrogens with zero attached hydrogens (tertiary/aromatic N) is 1. The normalized spacial score (nSPS) is 14.2. The van der Waals surface area contributed by atoms with E-state index in [1.807, 2.05) is 36.4 Å². The van der Waals surface area contributed by atoms with E-state index in [4.69, 9.17) is 4.74 Å². The Labute approximate surface area is 163 Å². The van der Waals surface area contributed by atoms with Crippen molar-refractivity contribution in [3.63, 3.8) is 0 Å². The summed E-state index contributed by atoms with van der Waals surface area (Å²) in [7, 11) is -2.12. The standard InChI is InChI=1S/C21H20N2O4S/c1-27-18-10-3-2-6-15(18)12-13-22-20(24)14-23-17-9-4-7-16-8-5-11-19(21(16)17)28(23,25)26/h2-11H,12-14H2,1H3,(H,22,24). The van der Waals surface area contributed by atoms with E-state index in [1.54, 1.807) is 31.4 Å². The van der Waals surface area contributed by atoms with E-state index in [1.165, 1.54) is 4.31 Å². The van der Waals surface area contributed by atoms with Crippen molar-refractivity contribution in [1.29, 1.82) is 0 Å². The summed E-state index contributed by atoms with van der Waals surface area (Å²) < 4.78 is 32.3. The van der Waals surface area contributed by atoms with Crippen molar-refractivity contribution < 1.29 is 17.9 Å². The maximum absolute atomic E-state index is 12.9. The third kappa shape index (κ3) is 3.07. The average Bonchev–Trinajstić information content (AvgIpc) is 2.92. The van der Waals surface area contributed by atoms with Gasteiger partial charge in [0.05, 0.1) is 17.7 Å². The highest BCUT2D eigenvalue weighted by molar-refractivity contribution is 7.93. The predicted molar refractivity (Wildman–Crippen MR) is 108 cm³/mol. The van der Waals surface area contributed by atoms with Crippen LogP contribution in [0.5, 0.6) is 5.75 Å². The number of nitrogens with one attached hydrogen (secondary N) is 1. The van der Waals surface area contributed by atoms with Crippen LogP contribution in [0.15, 0.2) is 65.6 Å². The molecule has 144 valence electrons. The number of hydrogen-bond donors (Lipinski definition) is 1. The van der Waals surface area contributed by atoms with E-state index in [2.05, 4.69) is 5.32 Å². The van der Waals surface area contributed by atoms with Crippen molar-refractivity contribution in [3.8, 4) is 5.75 Å². The van der Waals surface area contributed by atoms with Gasteiger partial charge in [-0.25, -0.2) is 8.42 Å². The summed E-state index contributed by atoms with van der Waals surface area (Å²) in [5.41, 5.74) is 1.53. The van der Waals surface area contributed by atoms with E-state index in [-0.39, 0.29) is 17.3 Å². The molecule has 0 aromatic heterocycles. The summed E-state index contributed by atoms with van der Waals surface area (Å²) in [5, 5.41) is 4.32. The summed E-state index contributed by atoms with van der Waals surface area (Å²) in [4.78, 5) is 12.7. The minimum atomic E-state index is -3.73. The Hall–Kier alpha value is -3.06. The van der Waals surface area contributed by atoms with Crippen LogP contribution in [0.3, 0.4) is 0 Å². The molecule has 1 amide bonds. The van der Waals surface area contributed by atoms with Gasteiger partial charge in [0.2, 0.25) is 5.91 Å². The molecule has 4 rings (SSSR count). The van der Waals surface area contributed by atoms with Crippen molar-refractivity contribution in [1.82, 2.24) is 5.32 Å². The fourth-order valence-electron chi connectivity index (χ4n) is 3.56. The maximum atomic E-state index is 12.9. The molecular formula is C21H20N2O4S. The van der Waals surface area contributed by atoms with Gasteiger partial charge in [0.15, 0.2) is 0 Å². The molecule has 1 aliphatic rings. The predicted octanol–water partition coefficient (Wildman–Crippen LogP) is 2.72. The molecule has 0 saturated carbocycles. The molecule has 6 nitrogen and oxygen atoms in total. The van der Waals surface area contributed by atoms with Crippen LogP contribution >= 0.6 is 0 Å². The number of carbonyl (C=O) groups is 1. The van der Waals surface area contributed by atoms with Crippen LogP contribution in [0.4, 0.5) is 5.69 Å². The second kappa shape index (κ2) is 7.16. The second-order valence-electron chi connectivity index (χ2n) is 6.55. The van der Waals surface area contributed by atoms with Crippen LogP contribution in [0.1, 0.15) is 5.56 Å². The lowest BCUT2D eigenvalue weighted by atomic mass is 10.1. The number of benzene rings is 3. The van der Waals surface area contributed by atoms with Crippen molar-refractivity contribution in [2.75, 3.05) is 24.5 Å². The molecule has 1 N–H and O–H groups in total. The van der Waals surface area contributed by atoms with E-state index >= 15 is 0 Å². The smallest absolute Gasteiger partial charge is 0.265 e. The molecule has 1 aliphatic heterocycles. The van der Waals surface area contributed by atoms with Crippen LogP contribution < -0.4 is 14.4 Å². The first kappa shape index (κ1) is 18.3. The quantitative estimate of drug-likeness (QED) is 0.695. The first-order valence-corrected chi connectivity index (χ1v) is 10.4. The number of amides is 1. The number of rotatable bonds is 6. The molecule has 28 heavy (non-hydrogen) atoms. The molecule has 0 radical (unpaired) electrons. The molecule has 0 atom stereocenters. The Morgan fingerprint density at radius 1 is 1.04 bits per heavy atom. The van der Waals surface area contributed by atoms with Gasteiger partial charge < -0.3 is 10.1 Å². The van der Waals surface area contributed by atoms with Crippen molar-refractivity contribution in [2.24, 2.45) is 0 Å². The molecule has 0 unspecified atom stereocenters. The SMILES string of the molecule is COc1ccccc1CCNC(=O)CN1c2cccc3cccc(c23)S1(=O)=O. The number of para-hydroxylation sites is 1. The van der Waals surface area contributed by atoms with Crippen LogP contribution in [0.2, 0.25) is 0 Å². The zero-order valence-electron chi connectivity index (χ0n) is 15.4. The summed E-state index contributed by atoms with van der Waals surface area (Å²) in [6.07, 6.45) is 0.596. The first-order chi connectivity index (χ1) is 13.5. The Morgan fingerprint density at radius 3 is 2.57 bits per heavy atom. The van der Waals surface area contributed by atoms with Crippen LogP contribution in [0, 0.1) is 0 Å². The van der Waals surface area contributed by atoms with E-state index in [0.717, 1.165) is 16.7 Å². The van der Waals surface area contributed by atoms with Gasteiger partial charge >= 0.3 is 0 Å².